The maximum atomic E-state index is 9.17. The molecule has 0 fully saturated rings. The minimum atomic E-state index is 0.202. The van der Waals surface area contributed by atoms with Crippen LogP contribution in [-0.4, -0.2) is 22.3 Å². The second kappa shape index (κ2) is 7.05. The van der Waals surface area contributed by atoms with Gasteiger partial charge in [-0.3, -0.25) is 15.3 Å². The molecule has 0 aliphatic rings. The maximum absolute atomic E-state index is 9.17. The summed E-state index contributed by atoms with van der Waals surface area (Å²) in [6.07, 6.45) is 7.06. The number of rotatable bonds is 5. The number of benzene rings is 1. The number of aryl methyl sites for hydroxylation is 1. The van der Waals surface area contributed by atoms with Gasteiger partial charge in [-0.15, -0.1) is 0 Å². The molecule has 0 radical (unpaired) electrons. The van der Waals surface area contributed by atoms with Crippen molar-refractivity contribution in [3.8, 4) is 6.19 Å². The molecule has 0 saturated carbocycles. The van der Waals surface area contributed by atoms with Gasteiger partial charge in [-0.2, -0.15) is 5.26 Å². The summed E-state index contributed by atoms with van der Waals surface area (Å²) in [5, 5.41) is 17.2. The van der Waals surface area contributed by atoms with Gasteiger partial charge < -0.3 is 0 Å². The Morgan fingerprint density at radius 2 is 2.00 bits per heavy atom. The Morgan fingerprint density at radius 3 is 2.65 bits per heavy atom. The number of hydrogen-bond acceptors (Lipinski definition) is 3. The third-order valence-electron chi connectivity index (χ3n) is 3.02. The van der Waals surface area contributed by atoms with E-state index in [2.05, 4.69) is 23.3 Å². The highest BCUT2D eigenvalue weighted by molar-refractivity contribution is 5.96. The first-order valence-corrected chi connectivity index (χ1v) is 6.51. The Labute approximate surface area is 118 Å². The molecule has 0 saturated heterocycles. The molecule has 0 aliphatic heterocycles. The van der Waals surface area contributed by atoms with Gasteiger partial charge in [-0.1, -0.05) is 30.3 Å². The van der Waals surface area contributed by atoms with Crippen LogP contribution in [-0.2, 0) is 6.42 Å². The fourth-order valence-electron chi connectivity index (χ4n) is 1.96. The van der Waals surface area contributed by atoms with E-state index < -0.39 is 0 Å². The van der Waals surface area contributed by atoms with Crippen LogP contribution in [0.25, 0.3) is 0 Å². The average molecular weight is 264 g/mol. The third kappa shape index (κ3) is 3.66. The Hall–Kier alpha value is -2.67. The van der Waals surface area contributed by atoms with Crippen molar-refractivity contribution in [3.05, 3.63) is 66.0 Å². The Morgan fingerprint density at radius 1 is 1.20 bits per heavy atom. The van der Waals surface area contributed by atoms with Crippen LogP contribution in [0.3, 0.4) is 0 Å². The number of nitrogens with one attached hydrogen (secondary N) is 1. The molecule has 1 heterocycles. The molecule has 1 N–H and O–H groups in total. The summed E-state index contributed by atoms with van der Waals surface area (Å²) in [5.41, 5.74) is 1.91. The van der Waals surface area contributed by atoms with Crippen LogP contribution in [0.15, 0.2) is 54.9 Å². The van der Waals surface area contributed by atoms with Gasteiger partial charge in [0.15, 0.2) is 6.19 Å². The number of amidine groups is 1. The molecule has 2 aromatic rings. The van der Waals surface area contributed by atoms with E-state index in [1.165, 1.54) is 10.5 Å². The zero-order valence-electron chi connectivity index (χ0n) is 11.2. The normalized spacial score (nSPS) is 9.75. The van der Waals surface area contributed by atoms with E-state index in [9.17, 15) is 0 Å². The highest BCUT2D eigenvalue weighted by Gasteiger charge is 2.10. The second-order valence-corrected chi connectivity index (χ2v) is 4.43. The van der Waals surface area contributed by atoms with Crippen LogP contribution >= 0.6 is 0 Å². The molecular weight excluding hydrogens is 248 g/mol. The van der Waals surface area contributed by atoms with Crippen LogP contribution in [0.1, 0.15) is 17.5 Å². The molecule has 0 amide bonds. The van der Waals surface area contributed by atoms with Crippen LogP contribution in [0, 0.1) is 16.9 Å². The lowest BCUT2D eigenvalue weighted by molar-refractivity contribution is 0.545. The summed E-state index contributed by atoms with van der Waals surface area (Å²) in [6.45, 7) is 0.541. The van der Waals surface area contributed by atoms with Crippen LogP contribution in [0.2, 0.25) is 0 Å². The molecule has 0 bridgehead atoms. The number of nitrogens with zero attached hydrogens (tertiary/aromatic N) is 3. The van der Waals surface area contributed by atoms with E-state index >= 15 is 0 Å². The molecule has 0 spiro atoms. The summed E-state index contributed by atoms with van der Waals surface area (Å²) in [7, 11) is 0. The molecule has 4 nitrogen and oxygen atoms in total. The first-order chi connectivity index (χ1) is 9.81. The van der Waals surface area contributed by atoms with Crippen molar-refractivity contribution in [1.29, 1.82) is 10.7 Å². The maximum Gasteiger partial charge on any atom is 0.185 e. The molecule has 20 heavy (non-hydrogen) atoms. The SMILES string of the molecule is N#CN(CCCc1ccccc1)C(=N)c1cccnc1. The van der Waals surface area contributed by atoms with Gasteiger partial charge in [-0.05, 0) is 30.5 Å². The molecule has 100 valence electrons. The lowest BCUT2D eigenvalue weighted by Crippen LogP contribution is -2.27. The molecule has 0 aliphatic carbocycles. The zero-order chi connectivity index (χ0) is 14.2. The predicted molar refractivity (Wildman–Crippen MR) is 78.1 cm³/mol. The molecule has 1 aromatic heterocycles. The molecule has 4 heteroatoms. The van der Waals surface area contributed by atoms with E-state index in [0.717, 1.165) is 12.8 Å². The van der Waals surface area contributed by atoms with Crippen LogP contribution in [0.4, 0.5) is 0 Å². The summed E-state index contributed by atoms with van der Waals surface area (Å²) in [6, 6.07) is 13.7. The van der Waals surface area contributed by atoms with Crippen LogP contribution < -0.4 is 0 Å². The summed E-state index contributed by atoms with van der Waals surface area (Å²) < 4.78 is 0. The van der Waals surface area contributed by atoms with Crippen molar-refractivity contribution >= 4 is 5.84 Å². The number of hydrogen-bond donors (Lipinski definition) is 1. The Balaban J connectivity index is 1.90. The average Bonchev–Trinajstić information content (AvgIpc) is 2.53. The Kier molecular flexibility index (Phi) is 4.85. The highest BCUT2D eigenvalue weighted by Crippen LogP contribution is 2.06. The van der Waals surface area contributed by atoms with Crippen molar-refractivity contribution < 1.29 is 0 Å². The minimum absolute atomic E-state index is 0.202. The molecule has 0 atom stereocenters. The second-order valence-electron chi connectivity index (χ2n) is 4.43. The van der Waals surface area contributed by atoms with Gasteiger partial charge in [0.1, 0.15) is 5.84 Å². The van der Waals surface area contributed by atoms with E-state index in [1.807, 2.05) is 18.2 Å². The monoisotopic (exact) mass is 264 g/mol. The first-order valence-electron chi connectivity index (χ1n) is 6.51. The smallest absolute Gasteiger partial charge is 0.185 e. The van der Waals surface area contributed by atoms with E-state index in [-0.39, 0.29) is 5.84 Å². The highest BCUT2D eigenvalue weighted by atomic mass is 15.2. The van der Waals surface area contributed by atoms with Gasteiger partial charge >= 0.3 is 0 Å². The van der Waals surface area contributed by atoms with Gasteiger partial charge in [0.2, 0.25) is 0 Å². The van der Waals surface area contributed by atoms with E-state index in [4.69, 9.17) is 10.7 Å². The van der Waals surface area contributed by atoms with Crippen molar-refractivity contribution in [1.82, 2.24) is 9.88 Å². The van der Waals surface area contributed by atoms with Gasteiger partial charge in [0.25, 0.3) is 0 Å². The van der Waals surface area contributed by atoms with Crippen molar-refractivity contribution in [2.45, 2.75) is 12.8 Å². The molecule has 2 rings (SSSR count). The molecular formula is C16H16N4. The lowest BCUT2D eigenvalue weighted by Gasteiger charge is -2.16. The summed E-state index contributed by atoms with van der Waals surface area (Å²) >= 11 is 0. The van der Waals surface area contributed by atoms with Crippen molar-refractivity contribution in [2.75, 3.05) is 6.54 Å². The van der Waals surface area contributed by atoms with Crippen molar-refractivity contribution in [3.63, 3.8) is 0 Å². The van der Waals surface area contributed by atoms with E-state index in [1.54, 1.807) is 24.5 Å². The molecule has 0 unspecified atom stereocenters. The fourth-order valence-corrected chi connectivity index (χ4v) is 1.96. The summed E-state index contributed by atoms with van der Waals surface area (Å²) in [4.78, 5) is 5.38. The summed E-state index contributed by atoms with van der Waals surface area (Å²) in [5.74, 6) is 0.202. The largest absolute Gasteiger partial charge is 0.283 e. The Bertz CT molecular complexity index is 587. The number of pyridine rings is 1. The quantitative estimate of drug-likeness (QED) is 0.391. The fraction of sp³-hybridized carbons (Fsp3) is 0.188. The third-order valence-corrected chi connectivity index (χ3v) is 3.02. The molecule has 1 aromatic carbocycles. The standard InChI is InChI=1S/C16H16N4/c17-13-20(16(18)15-9-4-10-19-12-15)11-5-8-14-6-2-1-3-7-14/h1-4,6-7,9-10,12,18H,5,8,11H2. The number of aromatic nitrogens is 1. The zero-order valence-corrected chi connectivity index (χ0v) is 11.2. The van der Waals surface area contributed by atoms with Crippen molar-refractivity contribution in [2.24, 2.45) is 0 Å². The topological polar surface area (TPSA) is 63.8 Å². The lowest BCUT2D eigenvalue weighted by atomic mass is 10.1. The van der Waals surface area contributed by atoms with Gasteiger partial charge in [0.05, 0.1) is 0 Å². The predicted octanol–water partition coefficient (Wildman–Crippen LogP) is 2.82. The minimum Gasteiger partial charge on any atom is -0.283 e. The number of nitriles is 1. The first kappa shape index (κ1) is 13.8. The van der Waals surface area contributed by atoms with Gasteiger partial charge in [0, 0.05) is 24.5 Å². The van der Waals surface area contributed by atoms with Crippen LogP contribution in [0.5, 0.6) is 0 Å². The van der Waals surface area contributed by atoms with E-state index in [0.29, 0.717) is 12.1 Å². The van der Waals surface area contributed by atoms with Gasteiger partial charge in [-0.25, -0.2) is 0 Å².